The van der Waals surface area contributed by atoms with E-state index >= 15 is 0 Å². The van der Waals surface area contributed by atoms with Crippen LogP contribution >= 0.6 is 0 Å². The van der Waals surface area contributed by atoms with Crippen LogP contribution in [-0.4, -0.2) is 31.1 Å². The zero-order valence-electron chi connectivity index (χ0n) is 12.5. The molecule has 1 aromatic carbocycles. The van der Waals surface area contributed by atoms with E-state index in [4.69, 9.17) is 5.26 Å². The van der Waals surface area contributed by atoms with Crippen molar-refractivity contribution >= 4 is 0 Å². The van der Waals surface area contributed by atoms with Gasteiger partial charge in [-0.05, 0) is 39.1 Å². The number of rotatable bonds is 5. The second kappa shape index (κ2) is 6.50. The van der Waals surface area contributed by atoms with Gasteiger partial charge in [-0.3, -0.25) is 0 Å². The van der Waals surface area contributed by atoms with Crippen LogP contribution in [0, 0.1) is 23.0 Å². The van der Waals surface area contributed by atoms with Gasteiger partial charge in [0, 0.05) is 24.2 Å². The quantitative estimate of drug-likeness (QED) is 0.907. The molecule has 0 saturated heterocycles. The summed E-state index contributed by atoms with van der Waals surface area (Å²) in [5, 5.41) is 11.9. The van der Waals surface area contributed by atoms with E-state index in [1.54, 1.807) is 6.07 Å². The fourth-order valence-corrected chi connectivity index (χ4v) is 3.07. The maximum absolute atomic E-state index is 13.8. The molecular formula is C16H21F2N3. The van der Waals surface area contributed by atoms with Crippen LogP contribution in [0.2, 0.25) is 0 Å². The van der Waals surface area contributed by atoms with Gasteiger partial charge in [0.15, 0.2) is 0 Å². The lowest BCUT2D eigenvalue weighted by molar-refractivity contribution is 0.153. The highest BCUT2D eigenvalue weighted by molar-refractivity contribution is 5.34. The monoisotopic (exact) mass is 293 g/mol. The molecule has 3 nitrogen and oxygen atoms in total. The van der Waals surface area contributed by atoms with Gasteiger partial charge in [-0.1, -0.05) is 12.8 Å². The predicted octanol–water partition coefficient (Wildman–Crippen LogP) is 2.80. The average Bonchev–Trinajstić information content (AvgIpc) is 2.91. The van der Waals surface area contributed by atoms with E-state index in [1.165, 1.54) is 12.8 Å². The third-order valence-electron chi connectivity index (χ3n) is 4.51. The summed E-state index contributed by atoms with van der Waals surface area (Å²) in [7, 11) is 4.10. The number of likely N-dealkylation sites (N-methyl/N-ethyl adjacent to an activating group) is 1. The van der Waals surface area contributed by atoms with Crippen LogP contribution in [0.15, 0.2) is 12.1 Å². The molecule has 1 aromatic rings. The lowest BCUT2D eigenvalue weighted by Crippen LogP contribution is -2.49. The number of hydrogen-bond donors (Lipinski definition) is 1. The first-order valence-electron chi connectivity index (χ1n) is 7.25. The van der Waals surface area contributed by atoms with Crippen LogP contribution in [0.5, 0.6) is 0 Å². The van der Waals surface area contributed by atoms with Gasteiger partial charge in [-0.2, -0.15) is 5.26 Å². The molecule has 1 fully saturated rings. The number of nitriles is 1. The molecule has 0 amide bonds. The van der Waals surface area contributed by atoms with E-state index in [9.17, 15) is 8.78 Å². The first-order valence-corrected chi connectivity index (χ1v) is 7.25. The lowest BCUT2D eigenvalue weighted by Gasteiger charge is -2.36. The Kier molecular flexibility index (Phi) is 4.92. The smallest absolute Gasteiger partial charge is 0.131 e. The van der Waals surface area contributed by atoms with Crippen molar-refractivity contribution in [1.82, 2.24) is 10.2 Å². The second-order valence-electron chi connectivity index (χ2n) is 5.96. The van der Waals surface area contributed by atoms with Crippen molar-refractivity contribution in [2.75, 3.05) is 20.6 Å². The van der Waals surface area contributed by atoms with Crippen molar-refractivity contribution in [2.24, 2.45) is 0 Å². The summed E-state index contributed by atoms with van der Waals surface area (Å²) >= 11 is 0. The zero-order valence-corrected chi connectivity index (χ0v) is 12.5. The highest BCUT2D eigenvalue weighted by atomic mass is 19.1. The van der Waals surface area contributed by atoms with Gasteiger partial charge in [0.2, 0.25) is 0 Å². The molecule has 0 unspecified atom stereocenters. The van der Waals surface area contributed by atoms with E-state index in [0.29, 0.717) is 6.54 Å². The Bertz CT molecular complexity index is 520. The number of nitrogens with one attached hydrogen (secondary N) is 1. The number of benzene rings is 1. The Morgan fingerprint density at radius 3 is 2.29 bits per heavy atom. The maximum atomic E-state index is 13.8. The fourth-order valence-electron chi connectivity index (χ4n) is 3.07. The SMILES string of the molecule is CN(C)C1(CNCc2c(F)cc(C#N)cc2F)CCCC1. The van der Waals surface area contributed by atoms with Crippen molar-refractivity contribution < 1.29 is 8.78 Å². The highest BCUT2D eigenvalue weighted by Gasteiger charge is 2.35. The minimum atomic E-state index is -0.663. The molecule has 21 heavy (non-hydrogen) atoms. The summed E-state index contributed by atoms with van der Waals surface area (Å²) in [6.07, 6.45) is 4.59. The van der Waals surface area contributed by atoms with Crippen molar-refractivity contribution in [3.05, 3.63) is 34.9 Å². The minimum Gasteiger partial charge on any atom is -0.311 e. The van der Waals surface area contributed by atoms with Gasteiger partial charge < -0.3 is 10.2 Å². The minimum absolute atomic E-state index is 0.000836. The molecule has 1 aliphatic carbocycles. The molecule has 0 bridgehead atoms. The number of halogens is 2. The van der Waals surface area contributed by atoms with Crippen LogP contribution < -0.4 is 5.32 Å². The maximum Gasteiger partial charge on any atom is 0.131 e. The Morgan fingerprint density at radius 2 is 1.81 bits per heavy atom. The summed E-state index contributed by atoms with van der Waals surface area (Å²) in [6, 6.07) is 3.91. The summed E-state index contributed by atoms with van der Waals surface area (Å²) in [6.45, 7) is 0.845. The van der Waals surface area contributed by atoms with Crippen LogP contribution in [0.3, 0.4) is 0 Å². The predicted molar refractivity (Wildman–Crippen MR) is 77.7 cm³/mol. The van der Waals surface area contributed by atoms with Gasteiger partial charge >= 0.3 is 0 Å². The van der Waals surface area contributed by atoms with E-state index in [1.807, 2.05) is 0 Å². The van der Waals surface area contributed by atoms with Crippen LogP contribution in [-0.2, 0) is 6.54 Å². The average molecular weight is 293 g/mol. The van der Waals surface area contributed by atoms with Gasteiger partial charge in [-0.25, -0.2) is 8.78 Å². The molecule has 0 aromatic heterocycles. The summed E-state index contributed by atoms with van der Waals surface area (Å²) < 4.78 is 27.6. The Labute approximate surface area is 124 Å². The first kappa shape index (κ1) is 15.9. The molecular weight excluding hydrogens is 272 g/mol. The molecule has 1 aliphatic rings. The van der Waals surface area contributed by atoms with Gasteiger partial charge in [0.1, 0.15) is 11.6 Å². The van der Waals surface area contributed by atoms with Crippen LogP contribution in [0.25, 0.3) is 0 Å². The molecule has 0 atom stereocenters. The summed E-state index contributed by atoms with van der Waals surface area (Å²) in [4.78, 5) is 2.21. The summed E-state index contributed by atoms with van der Waals surface area (Å²) in [5.74, 6) is -1.33. The van der Waals surface area contributed by atoms with Crippen LogP contribution in [0.4, 0.5) is 8.78 Å². The topological polar surface area (TPSA) is 39.1 Å². The van der Waals surface area contributed by atoms with Crippen molar-refractivity contribution in [1.29, 1.82) is 5.26 Å². The van der Waals surface area contributed by atoms with Gasteiger partial charge in [0.05, 0.1) is 11.6 Å². The lowest BCUT2D eigenvalue weighted by atomic mass is 9.96. The molecule has 0 spiro atoms. The Morgan fingerprint density at radius 1 is 1.24 bits per heavy atom. The molecule has 1 saturated carbocycles. The van der Waals surface area contributed by atoms with Crippen molar-refractivity contribution in [3.63, 3.8) is 0 Å². The number of hydrogen-bond acceptors (Lipinski definition) is 3. The van der Waals surface area contributed by atoms with E-state index in [2.05, 4.69) is 24.3 Å². The van der Waals surface area contributed by atoms with Crippen molar-refractivity contribution in [2.45, 2.75) is 37.8 Å². The summed E-state index contributed by atoms with van der Waals surface area (Å²) in [5.41, 5.74) is 0.0923. The third-order valence-corrected chi connectivity index (χ3v) is 4.51. The van der Waals surface area contributed by atoms with E-state index < -0.39 is 11.6 Å². The Hall–Kier alpha value is -1.51. The molecule has 1 N–H and O–H groups in total. The standard InChI is InChI=1S/C16H21F2N3/c1-21(2)16(5-3-4-6-16)11-20-10-13-14(17)7-12(9-19)8-15(13)18/h7-8,20H,3-6,10-11H2,1-2H3. The molecule has 0 radical (unpaired) electrons. The van der Waals surface area contributed by atoms with Crippen molar-refractivity contribution in [3.8, 4) is 6.07 Å². The zero-order chi connectivity index (χ0) is 15.5. The molecule has 114 valence electrons. The highest BCUT2D eigenvalue weighted by Crippen LogP contribution is 2.33. The van der Waals surface area contributed by atoms with Gasteiger partial charge in [-0.15, -0.1) is 0 Å². The van der Waals surface area contributed by atoms with E-state index in [0.717, 1.165) is 25.0 Å². The fraction of sp³-hybridized carbons (Fsp3) is 0.562. The normalized spacial score (nSPS) is 17.1. The number of nitrogens with zero attached hydrogens (tertiary/aromatic N) is 2. The van der Waals surface area contributed by atoms with E-state index in [-0.39, 0.29) is 23.2 Å². The first-order chi connectivity index (χ1) is 9.98. The van der Waals surface area contributed by atoms with Gasteiger partial charge in [0.25, 0.3) is 0 Å². The molecule has 0 aliphatic heterocycles. The third kappa shape index (κ3) is 3.39. The molecule has 0 heterocycles. The second-order valence-corrected chi connectivity index (χ2v) is 5.96. The molecule has 5 heteroatoms. The van der Waals surface area contributed by atoms with Crippen LogP contribution in [0.1, 0.15) is 36.8 Å². The Balaban J connectivity index is 2.02. The largest absolute Gasteiger partial charge is 0.311 e. The molecule has 2 rings (SSSR count).